The second-order valence-corrected chi connectivity index (χ2v) is 11.3. The number of hydrogen-bond donors (Lipinski definition) is 1. The highest BCUT2D eigenvalue weighted by Gasteiger charge is 2.34. The van der Waals surface area contributed by atoms with Gasteiger partial charge in [0.15, 0.2) is 28.2 Å². The SMILES string of the molecule is O=S(=O)(Np1oc2ccc3ccccc3c2c2c(ccc3ccccc32)o1)c1c(F)c(F)c(F)c(F)c1F. The Balaban J connectivity index is 1.69. The Bertz CT molecular complexity index is 1970. The van der Waals surface area contributed by atoms with Crippen molar-refractivity contribution in [1.29, 1.82) is 0 Å². The second kappa shape index (κ2) is 8.83. The number of rotatable bonds is 3. The molecular formula is C26H13F5NO4PS. The summed E-state index contributed by atoms with van der Waals surface area (Å²) in [5.74, 6) is -12.3. The van der Waals surface area contributed by atoms with Crippen LogP contribution >= 0.6 is 8.16 Å². The predicted molar refractivity (Wildman–Crippen MR) is 134 cm³/mol. The summed E-state index contributed by atoms with van der Waals surface area (Å²) in [4.78, 5) is -2.04. The van der Waals surface area contributed by atoms with Crippen molar-refractivity contribution in [2.24, 2.45) is 0 Å². The summed E-state index contributed by atoms with van der Waals surface area (Å²) in [5.41, 5.74) is 0.370. The Morgan fingerprint density at radius 1 is 0.579 bits per heavy atom. The molecule has 0 spiro atoms. The lowest BCUT2D eigenvalue weighted by atomic mass is 9.99. The van der Waals surface area contributed by atoms with Crippen molar-refractivity contribution >= 4 is 61.7 Å². The van der Waals surface area contributed by atoms with E-state index in [0.717, 1.165) is 21.5 Å². The van der Waals surface area contributed by atoms with Crippen LogP contribution in [0.15, 0.2) is 86.1 Å². The third-order valence-electron chi connectivity index (χ3n) is 6.03. The Morgan fingerprint density at radius 2 is 1.00 bits per heavy atom. The highest BCUT2D eigenvalue weighted by atomic mass is 32.2. The first-order valence-corrected chi connectivity index (χ1v) is 13.6. The summed E-state index contributed by atoms with van der Waals surface area (Å²) < 4.78 is 109. The molecule has 5 aromatic carbocycles. The van der Waals surface area contributed by atoms with Crippen LogP contribution in [0.3, 0.4) is 0 Å². The van der Waals surface area contributed by atoms with E-state index in [0.29, 0.717) is 10.8 Å². The molecule has 6 rings (SSSR count). The normalized spacial score (nSPS) is 12.1. The lowest BCUT2D eigenvalue weighted by molar-refractivity contribution is 0.358. The van der Waals surface area contributed by atoms with Crippen LogP contribution in [0.1, 0.15) is 0 Å². The van der Waals surface area contributed by atoms with E-state index in [1.807, 2.05) is 53.0 Å². The zero-order chi connectivity index (χ0) is 26.8. The van der Waals surface area contributed by atoms with E-state index < -0.39 is 52.2 Å². The first-order valence-electron chi connectivity index (χ1n) is 10.9. The quantitative estimate of drug-likeness (QED) is 0.134. The van der Waals surface area contributed by atoms with Gasteiger partial charge >= 0.3 is 8.16 Å². The van der Waals surface area contributed by atoms with Crippen LogP contribution in [0.25, 0.3) is 43.5 Å². The molecule has 0 fully saturated rings. The Morgan fingerprint density at radius 3 is 1.47 bits per heavy atom. The Kier molecular flexibility index (Phi) is 5.68. The molecule has 0 aliphatic heterocycles. The first kappa shape index (κ1) is 24.4. The largest absolute Gasteiger partial charge is 0.407 e. The second-order valence-electron chi connectivity index (χ2n) is 8.25. The van der Waals surface area contributed by atoms with E-state index in [1.54, 1.807) is 24.3 Å². The van der Waals surface area contributed by atoms with Crippen molar-refractivity contribution in [1.82, 2.24) is 0 Å². The molecule has 0 bridgehead atoms. The molecule has 6 aromatic rings. The minimum absolute atomic E-state index is 0.185. The monoisotopic (exact) mass is 561 g/mol. The number of nitrogens with one attached hydrogen (secondary N) is 1. The molecule has 1 aromatic heterocycles. The van der Waals surface area contributed by atoms with Gasteiger partial charge in [0.2, 0.25) is 5.82 Å². The molecule has 5 nitrogen and oxygen atoms in total. The maximum absolute atomic E-state index is 14.3. The van der Waals surface area contributed by atoms with Crippen LogP contribution in [-0.2, 0) is 10.0 Å². The zero-order valence-electron chi connectivity index (χ0n) is 18.8. The maximum Gasteiger partial charge on any atom is 0.321 e. The van der Waals surface area contributed by atoms with Gasteiger partial charge in [0.05, 0.1) is 0 Å². The van der Waals surface area contributed by atoms with Crippen molar-refractivity contribution in [2.45, 2.75) is 4.90 Å². The fraction of sp³-hybridized carbons (Fsp3) is 0. The molecule has 0 saturated carbocycles. The molecule has 192 valence electrons. The van der Waals surface area contributed by atoms with E-state index in [4.69, 9.17) is 8.39 Å². The molecule has 0 amide bonds. The van der Waals surface area contributed by atoms with E-state index in [-0.39, 0.29) is 11.2 Å². The molecule has 0 radical (unpaired) electrons. The van der Waals surface area contributed by atoms with Gasteiger partial charge in [-0.15, -0.1) is 4.49 Å². The highest BCUT2D eigenvalue weighted by molar-refractivity contribution is 7.97. The minimum Gasteiger partial charge on any atom is -0.407 e. The van der Waals surface area contributed by atoms with Gasteiger partial charge in [-0.1, -0.05) is 60.7 Å². The molecule has 0 aliphatic rings. The molecule has 0 unspecified atom stereocenters. The van der Waals surface area contributed by atoms with Crippen molar-refractivity contribution in [3.05, 3.63) is 102 Å². The fourth-order valence-corrected chi connectivity index (χ4v) is 7.17. The van der Waals surface area contributed by atoms with Gasteiger partial charge in [-0.25, -0.2) is 30.4 Å². The lowest BCUT2D eigenvalue weighted by Crippen LogP contribution is -2.18. The summed E-state index contributed by atoms with van der Waals surface area (Å²) in [6.45, 7) is 0. The fourth-order valence-electron chi connectivity index (χ4n) is 4.37. The van der Waals surface area contributed by atoms with Gasteiger partial charge in [0.1, 0.15) is 11.2 Å². The smallest absolute Gasteiger partial charge is 0.321 e. The van der Waals surface area contributed by atoms with Crippen LogP contribution in [0.5, 0.6) is 0 Å². The molecule has 0 aliphatic carbocycles. The van der Waals surface area contributed by atoms with Crippen LogP contribution in [-0.4, -0.2) is 8.42 Å². The van der Waals surface area contributed by atoms with Gasteiger partial charge in [-0.2, -0.15) is 0 Å². The van der Waals surface area contributed by atoms with E-state index in [9.17, 15) is 30.4 Å². The van der Waals surface area contributed by atoms with Crippen molar-refractivity contribution in [3.8, 4) is 0 Å². The molecule has 1 heterocycles. The van der Waals surface area contributed by atoms with Crippen LogP contribution in [0, 0.1) is 29.1 Å². The summed E-state index contributed by atoms with van der Waals surface area (Å²) in [5, 5.41) is 4.37. The molecule has 38 heavy (non-hydrogen) atoms. The van der Waals surface area contributed by atoms with Gasteiger partial charge in [0.25, 0.3) is 10.0 Å². The average molecular weight is 561 g/mol. The molecule has 1 N–H and O–H groups in total. The third-order valence-corrected chi connectivity index (χ3v) is 9.21. The van der Waals surface area contributed by atoms with Gasteiger partial charge in [-0.05, 0) is 33.7 Å². The van der Waals surface area contributed by atoms with Crippen molar-refractivity contribution < 1.29 is 38.8 Å². The summed E-state index contributed by atoms with van der Waals surface area (Å²) in [6, 6.07) is 21.4. The van der Waals surface area contributed by atoms with Crippen molar-refractivity contribution in [3.63, 3.8) is 0 Å². The average Bonchev–Trinajstić information content (AvgIpc) is 3.06. The Labute approximate surface area is 211 Å². The van der Waals surface area contributed by atoms with Crippen LogP contribution in [0.2, 0.25) is 0 Å². The van der Waals surface area contributed by atoms with Gasteiger partial charge in [0, 0.05) is 10.8 Å². The molecule has 12 heteroatoms. The number of fused-ring (bicyclic) bond motifs is 7. The summed E-state index contributed by atoms with van der Waals surface area (Å²) in [6.07, 6.45) is 0. The van der Waals surface area contributed by atoms with E-state index in [2.05, 4.69) is 0 Å². The first-order chi connectivity index (χ1) is 18.2. The minimum atomic E-state index is -5.36. The standard InChI is InChI=1S/C26H13F5NO4PS/c27-21-22(28)24(30)26(25(31)23(21)29)38(33,34)32-37-35-17-11-9-13-5-1-3-7-15(13)19(17)20-16-8-4-2-6-14(16)10-12-18(20)36-37/h1-12,32H. The Hall–Kier alpha value is -3.92. The zero-order valence-corrected chi connectivity index (χ0v) is 20.5. The summed E-state index contributed by atoms with van der Waals surface area (Å²) >= 11 is 0. The number of sulfonamides is 1. The maximum atomic E-state index is 14.3. The van der Waals surface area contributed by atoms with E-state index >= 15 is 0 Å². The van der Waals surface area contributed by atoms with Gasteiger partial charge in [-0.3, -0.25) is 0 Å². The molecule has 0 saturated heterocycles. The number of hydrogen-bond acceptors (Lipinski definition) is 4. The highest BCUT2D eigenvalue weighted by Crippen LogP contribution is 2.41. The van der Waals surface area contributed by atoms with Crippen LogP contribution in [0.4, 0.5) is 22.0 Å². The molecular weight excluding hydrogens is 548 g/mol. The van der Waals surface area contributed by atoms with Crippen molar-refractivity contribution in [2.75, 3.05) is 4.49 Å². The van der Waals surface area contributed by atoms with E-state index in [1.165, 1.54) is 0 Å². The molecule has 0 atom stereocenters. The number of benzene rings is 5. The van der Waals surface area contributed by atoms with Gasteiger partial charge < -0.3 is 8.39 Å². The summed E-state index contributed by atoms with van der Waals surface area (Å²) in [7, 11) is -8.11. The lowest BCUT2D eigenvalue weighted by Gasteiger charge is -2.09. The van der Waals surface area contributed by atoms with Crippen LogP contribution < -0.4 is 4.49 Å². The predicted octanol–water partition coefficient (Wildman–Crippen LogP) is 8.22. The third kappa shape index (κ3) is 3.74. The number of halogens is 5. The topological polar surface area (TPSA) is 72.5 Å².